The van der Waals surface area contributed by atoms with Crippen molar-refractivity contribution >= 4 is 17.7 Å². The van der Waals surface area contributed by atoms with Crippen molar-refractivity contribution in [2.45, 2.75) is 6.18 Å². The molecule has 0 spiro atoms. The molecule has 0 atom stereocenters. The van der Waals surface area contributed by atoms with Gasteiger partial charge in [0.05, 0.1) is 10.5 Å². The Bertz CT molecular complexity index is 850. The van der Waals surface area contributed by atoms with Gasteiger partial charge in [-0.2, -0.15) is 13.2 Å². The van der Waals surface area contributed by atoms with Crippen LogP contribution in [0.4, 0.5) is 29.6 Å². The number of halogens is 3. The maximum absolute atomic E-state index is 12.6. The van der Waals surface area contributed by atoms with Crippen molar-refractivity contribution in [3.63, 3.8) is 0 Å². The van der Waals surface area contributed by atoms with Crippen LogP contribution in [0.1, 0.15) is 5.56 Å². The average Bonchev–Trinajstić information content (AvgIpc) is 2.68. The van der Waals surface area contributed by atoms with Crippen LogP contribution in [0.3, 0.4) is 0 Å². The zero-order valence-electron chi connectivity index (χ0n) is 14.3. The monoisotopic (exact) mass is 397 g/mol. The fourth-order valence-corrected chi connectivity index (χ4v) is 2.52. The van der Waals surface area contributed by atoms with E-state index in [4.69, 9.17) is 4.74 Å². The van der Waals surface area contributed by atoms with E-state index in [1.54, 1.807) is 4.90 Å². The number of alkyl halides is 3. The van der Waals surface area contributed by atoms with E-state index in [-0.39, 0.29) is 30.5 Å². The van der Waals surface area contributed by atoms with Gasteiger partial charge in [0.1, 0.15) is 5.75 Å². The van der Waals surface area contributed by atoms with E-state index in [9.17, 15) is 28.1 Å². The van der Waals surface area contributed by atoms with Gasteiger partial charge >= 0.3 is 12.3 Å². The molecule has 28 heavy (non-hydrogen) atoms. The number of hydrogen-bond acceptors (Lipinski definition) is 7. The van der Waals surface area contributed by atoms with Crippen molar-refractivity contribution < 1.29 is 27.6 Å². The number of carbonyl (C=O) groups excluding carboxylic acids is 1. The van der Waals surface area contributed by atoms with Crippen LogP contribution in [0.25, 0.3) is 0 Å². The molecule has 0 radical (unpaired) electrons. The van der Waals surface area contributed by atoms with Gasteiger partial charge < -0.3 is 14.5 Å². The second kappa shape index (κ2) is 7.66. The number of carbonyl (C=O) groups is 1. The summed E-state index contributed by atoms with van der Waals surface area (Å²) < 4.78 is 42.8. The van der Waals surface area contributed by atoms with E-state index in [0.717, 1.165) is 12.4 Å². The highest BCUT2D eigenvalue weighted by molar-refractivity contribution is 5.71. The Labute approximate surface area is 156 Å². The Hall–Kier alpha value is -3.44. The molecule has 1 fully saturated rings. The second-order valence-corrected chi connectivity index (χ2v) is 5.86. The Morgan fingerprint density at radius 3 is 2.14 bits per heavy atom. The summed E-state index contributed by atoms with van der Waals surface area (Å²) in [6.45, 7) is 1.16. The summed E-state index contributed by atoms with van der Waals surface area (Å²) in [4.78, 5) is 32.8. The Balaban J connectivity index is 1.54. The summed E-state index contributed by atoms with van der Waals surface area (Å²) in [6, 6.07) is 5.09. The number of anilines is 1. The van der Waals surface area contributed by atoms with Crippen molar-refractivity contribution in [3.05, 3.63) is 52.3 Å². The first kappa shape index (κ1) is 19.3. The first-order valence-electron chi connectivity index (χ1n) is 8.09. The molecule has 1 aliphatic heterocycles. The van der Waals surface area contributed by atoms with Crippen molar-refractivity contribution in [2.24, 2.45) is 0 Å². The highest BCUT2D eigenvalue weighted by Gasteiger charge is 2.32. The van der Waals surface area contributed by atoms with E-state index < -0.39 is 22.8 Å². The maximum Gasteiger partial charge on any atom is 0.419 e. The highest BCUT2D eigenvalue weighted by Crippen LogP contribution is 2.28. The van der Waals surface area contributed by atoms with Crippen molar-refractivity contribution in [3.8, 4) is 5.75 Å². The first-order chi connectivity index (χ1) is 13.2. The number of amides is 1. The Morgan fingerprint density at radius 1 is 1.07 bits per heavy atom. The second-order valence-electron chi connectivity index (χ2n) is 5.86. The number of nitro groups is 1. The summed E-state index contributed by atoms with van der Waals surface area (Å²) in [7, 11) is 0. The summed E-state index contributed by atoms with van der Waals surface area (Å²) in [5, 5.41) is 10.6. The molecule has 0 aliphatic carbocycles. The lowest BCUT2D eigenvalue weighted by atomic mass is 10.3. The Kier molecular flexibility index (Phi) is 5.29. The van der Waals surface area contributed by atoms with E-state index in [0.29, 0.717) is 13.1 Å². The van der Waals surface area contributed by atoms with Crippen LogP contribution in [0.2, 0.25) is 0 Å². The molecule has 9 nitrogen and oxygen atoms in total. The van der Waals surface area contributed by atoms with Gasteiger partial charge in [-0.25, -0.2) is 14.8 Å². The summed E-state index contributed by atoms with van der Waals surface area (Å²) in [5.41, 5.74) is -1.05. The average molecular weight is 397 g/mol. The third-order valence-corrected chi connectivity index (χ3v) is 4.04. The summed E-state index contributed by atoms with van der Waals surface area (Å²) >= 11 is 0. The quantitative estimate of drug-likeness (QED) is 0.580. The molecule has 1 amide bonds. The van der Waals surface area contributed by atoms with E-state index >= 15 is 0 Å². The highest BCUT2D eigenvalue weighted by atomic mass is 19.4. The molecule has 12 heteroatoms. The lowest BCUT2D eigenvalue weighted by Gasteiger charge is -2.34. The largest absolute Gasteiger partial charge is 0.419 e. The number of nitro benzene ring substituents is 1. The lowest BCUT2D eigenvalue weighted by Crippen LogP contribution is -2.50. The molecular weight excluding hydrogens is 383 g/mol. The normalized spacial score (nSPS) is 14.7. The van der Waals surface area contributed by atoms with Crippen molar-refractivity contribution in [1.29, 1.82) is 0 Å². The minimum Gasteiger partial charge on any atom is -0.410 e. The van der Waals surface area contributed by atoms with Gasteiger partial charge in [-0.15, -0.1) is 0 Å². The zero-order valence-corrected chi connectivity index (χ0v) is 14.3. The molecule has 2 heterocycles. The summed E-state index contributed by atoms with van der Waals surface area (Å²) in [6.07, 6.45) is -3.68. The number of nitrogens with zero attached hydrogens (tertiary/aromatic N) is 5. The lowest BCUT2D eigenvalue weighted by molar-refractivity contribution is -0.384. The Morgan fingerprint density at radius 2 is 1.64 bits per heavy atom. The van der Waals surface area contributed by atoms with Gasteiger partial charge in [-0.3, -0.25) is 10.1 Å². The van der Waals surface area contributed by atoms with Crippen LogP contribution in [0, 0.1) is 10.1 Å². The molecule has 1 aromatic carbocycles. The molecule has 1 saturated heterocycles. The van der Waals surface area contributed by atoms with Crippen LogP contribution < -0.4 is 9.64 Å². The van der Waals surface area contributed by atoms with Crippen LogP contribution >= 0.6 is 0 Å². The zero-order chi connectivity index (χ0) is 20.3. The summed E-state index contributed by atoms with van der Waals surface area (Å²) in [5.74, 6) is 0.320. The van der Waals surface area contributed by atoms with E-state index in [1.807, 2.05) is 0 Å². The smallest absolute Gasteiger partial charge is 0.410 e. The fourth-order valence-electron chi connectivity index (χ4n) is 2.52. The number of rotatable bonds is 3. The molecule has 1 aliphatic rings. The molecule has 148 valence electrons. The van der Waals surface area contributed by atoms with Gasteiger partial charge in [-0.05, 0) is 12.1 Å². The topological polar surface area (TPSA) is 102 Å². The third kappa shape index (κ3) is 4.45. The number of hydrogen-bond donors (Lipinski definition) is 0. The van der Waals surface area contributed by atoms with Crippen LogP contribution in [-0.4, -0.2) is 52.1 Å². The number of benzene rings is 1. The number of ether oxygens (including phenoxy) is 1. The fraction of sp³-hybridized carbons (Fsp3) is 0.312. The van der Waals surface area contributed by atoms with Gasteiger partial charge in [0.15, 0.2) is 0 Å². The molecule has 0 N–H and O–H groups in total. The minimum atomic E-state index is -4.50. The molecule has 3 rings (SSSR count). The van der Waals surface area contributed by atoms with Gasteiger partial charge in [0.2, 0.25) is 5.95 Å². The molecule has 0 bridgehead atoms. The predicted molar refractivity (Wildman–Crippen MR) is 89.9 cm³/mol. The molecule has 0 saturated carbocycles. The SMILES string of the molecule is O=C(Oc1ccc([N+](=O)[O-])cc1)N1CCN(c2ncc(C(F)(F)F)cn2)CC1. The van der Waals surface area contributed by atoms with E-state index in [2.05, 4.69) is 9.97 Å². The van der Waals surface area contributed by atoms with Crippen LogP contribution in [-0.2, 0) is 6.18 Å². The third-order valence-electron chi connectivity index (χ3n) is 4.04. The molecule has 1 aromatic heterocycles. The molecule has 0 unspecified atom stereocenters. The van der Waals surface area contributed by atoms with Gasteiger partial charge in [0, 0.05) is 50.7 Å². The molecular formula is C16H14F3N5O4. The number of piperazine rings is 1. The van der Waals surface area contributed by atoms with Crippen LogP contribution in [0.5, 0.6) is 5.75 Å². The van der Waals surface area contributed by atoms with Crippen LogP contribution in [0.15, 0.2) is 36.7 Å². The predicted octanol–water partition coefficient (Wildman–Crippen LogP) is 2.72. The number of non-ortho nitro benzene ring substituents is 1. The first-order valence-corrected chi connectivity index (χ1v) is 8.09. The van der Waals surface area contributed by atoms with Gasteiger partial charge in [-0.1, -0.05) is 0 Å². The van der Waals surface area contributed by atoms with Crippen molar-refractivity contribution in [1.82, 2.24) is 14.9 Å². The van der Waals surface area contributed by atoms with E-state index in [1.165, 1.54) is 29.2 Å². The van der Waals surface area contributed by atoms with Gasteiger partial charge in [0.25, 0.3) is 5.69 Å². The number of aromatic nitrogens is 2. The maximum atomic E-state index is 12.6. The standard InChI is InChI=1S/C16H14F3N5O4/c17-16(18,19)11-9-20-14(21-10-11)22-5-7-23(8-6-22)15(25)28-13-3-1-12(2-4-13)24(26)27/h1-4,9-10H,5-8H2. The minimum absolute atomic E-state index is 0.120. The van der Waals surface area contributed by atoms with Crippen molar-refractivity contribution in [2.75, 3.05) is 31.1 Å². The molecule has 2 aromatic rings.